The molecule has 16 heavy (non-hydrogen) atoms. The molecule has 0 amide bonds. The summed E-state index contributed by atoms with van der Waals surface area (Å²) >= 11 is 0. The molecule has 0 radical (unpaired) electrons. The Morgan fingerprint density at radius 2 is 2.19 bits per heavy atom. The summed E-state index contributed by atoms with van der Waals surface area (Å²) in [5.41, 5.74) is 1.93. The van der Waals surface area contributed by atoms with Crippen LogP contribution in [0.3, 0.4) is 0 Å². The van der Waals surface area contributed by atoms with E-state index in [2.05, 4.69) is 5.10 Å². The average Bonchev–Trinajstić information content (AvgIpc) is 2.77. The third-order valence-corrected chi connectivity index (χ3v) is 2.43. The third kappa shape index (κ3) is 1.82. The summed E-state index contributed by atoms with van der Waals surface area (Å²) in [6.45, 7) is 2.03. The second-order valence-electron chi connectivity index (χ2n) is 3.47. The first-order valence-corrected chi connectivity index (χ1v) is 5.08. The third-order valence-electron chi connectivity index (χ3n) is 2.43. The van der Waals surface area contributed by atoms with Crippen molar-refractivity contribution >= 4 is 5.97 Å². The van der Waals surface area contributed by atoms with Crippen molar-refractivity contribution in [3.63, 3.8) is 0 Å². The second-order valence-corrected chi connectivity index (χ2v) is 3.47. The Bertz CT molecular complexity index is 517. The van der Waals surface area contributed by atoms with Gasteiger partial charge in [0.2, 0.25) is 0 Å². The first-order chi connectivity index (χ1) is 7.72. The van der Waals surface area contributed by atoms with Crippen molar-refractivity contribution in [2.75, 3.05) is 0 Å². The van der Waals surface area contributed by atoms with Crippen molar-refractivity contribution in [3.8, 4) is 5.69 Å². The van der Waals surface area contributed by atoms with E-state index in [0.29, 0.717) is 5.69 Å². The topological polar surface area (TPSA) is 55.1 Å². The predicted octanol–water partition coefficient (Wildman–Crippen LogP) is 2.13. The van der Waals surface area contributed by atoms with E-state index in [-0.39, 0.29) is 5.56 Å². The lowest BCUT2D eigenvalue weighted by Crippen LogP contribution is -2.05. The Hall–Kier alpha value is -2.10. The van der Waals surface area contributed by atoms with Crippen LogP contribution in [-0.2, 0) is 6.42 Å². The number of benzene rings is 1. The number of carbonyl (C=O) groups is 1. The van der Waals surface area contributed by atoms with Gasteiger partial charge in [0.05, 0.1) is 17.4 Å². The van der Waals surface area contributed by atoms with Crippen LogP contribution in [0, 0.1) is 0 Å². The van der Waals surface area contributed by atoms with Crippen molar-refractivity contribution in [1.82, 2.24) is 9.78 Å². The number of carboxylic acid groups (broad SMARTS) is 1. The molecule has 0 unspecified atom stereocenters. The zero-order valence-corrected chi connectivity index (χ0v) is 8.92. The molecule has 4 heteroatoms. The molecule has 0 bridgehead atoms. The molecular weight excluding hydrogens is 204 g/mol. The number of aryl methyl sites for hydroxylation is 1. The van der Waals surface area contributed by atoms with Crippen LogP contribution in [0.2, 0.25) is 0 Å². The molecule has 1 aromatic heterocycles. The smallest absolute Gasteiger partial charge is 0.337 e. The highest BCUT2D eigenvalue weighted by Crippen LogP contribution is 2.14. The van der Waals surface area contributed by atoms with Gasteiger partial charge in [-0.1, -0.05) is 19.1 Å². The molecule has 4 nitrogen and oxygen atoms in total. The molecule has 1 N–H and O–H groups in total. The first-order valence-electron chi connectivity index (χ1n) is 5.08. The summed E-state index contributed by atoms with van der Waals surface area (Å²) < 4.78 is 1.60. The highest BCUT2D eigenvalue weighted by molar-refractivity contribution is 5.91. The summed E-state index contributed by atoms with van der Waals surface area (Å²) in [6.07, 6.45) is 4.48. The summed E-state index contributed by atoms with van der Waals surface area (Å²) in [7, 11) is 0. The van der Waals surface area contributed by atoms with E-state index in [9.17, 15) is 4.79 Å². The molecule has 1 heterocycles. The molecule has 2 rings (SSSR count). The summed E-state index contributed by atoms with van der Waals surface area (Å²) in [5.74, 6) is -0.941. The van der Waals surface area contributed by atoms with Crippen LogP contribution in [0.25, 0.3) is 5.69 Å². The van der Waals surface area contributed by atoms with Gasteiger partial charge in [-0.2, -0.15) is 5.10 Å². The maximum atomic E-state index is 11.0. The Labute approximate surface area is 93.1 Å². The highest BCUT2D eigenvalue weighted by atomic mass is 16.4. The van der Waals surface area contributed by atoms with Crippen LogP contribution in [0.4, 0.5) is 0 Å². The number of aromatic nitrogens is 2. The summed E-state index contributed by atoms with van der Waals surface area (Å²) in [6, 6.07) is 6.83. The molecular formula is C12H12N2O2. The molecule has 0 atom stereocenters. The normalized spacial score (nSPS) is 10.3. The van der Waals surface area contributed by atoms with Gasteiger partial charge in [0.25, 0.3) is 0 Å². The van der Waals surface area contributed by atoms with Crippen molar-refractivity contribution in [2.45, 2.75) is 13.3 Å². The van der Waals surface area contributed by atoms with E-state index in [0.717, 1.165) is 12.0 Å². The van der Waals surface area contributed by atoms with Gasteiger partial charge in [0.15, 0.2) is 0 Å². The van der Waals surface area contributed by atoms with Gasteiger partial charge in [-0.3, -0.25) is 0 Å². The molecule has 82 valence electrons. The molecule has 0 aliphatic heterocycles. The van der Waals surface area contributed by atoms with Gasteiger partial charge < -0.3 is 5.11 Å². The minimum absolute atomic E-state index is 0.258. The number of hydrogen-bond acceptors (Lipinski definition) is 2. The summed E-state index contributed by atoms with van der Waals surface area (Å²) in [5, 5.41) is 13.2. The summed E-state index contributed by atoms with van der Waals surface area (Å²) in [4.78, 5) is 11.0. The van der Waals surface area contributed by atoms with Gasteiger partial charge in [0.1, 0.15) is 0 Å². The van der Waals surface area contributed by atoms with Crippen LogP contribution in [-0.4, -0.2) is 20.9 Å². The number of hydrogen-bond donors (Lipinski definition) is 1. The van der Waals surface area contributed by atoms with E-state index < -0.39 is 5.97 Å². The van der Waals surface area contributed by atoms with E-state index in [1.165, 1.54) is 0 Å². The predicted molar refractivity (Wildman–Crippen MR) is 59.9 cm³/mol. The minimum Gasteiger partial charge on any atom is -0.478 e. The Kier molecular flexibility index (Phi) is 2.72. The lowest BCUT2D eigenvalue weighted by atomic mass is 10.2. The Morgan fingerprint density at radius 3 is 2.81 bits per heavy atom. The van der Waals surface area contributed by atoms with E-state index in [1.54, 1.807) is 35.1 Å². The number of rotatable bonds is 3. The fourth-order valence-electron chi connectivity index (χ4n) is 1.53. The zero-order chi connectivity index (χ0) is 11.5. The molecule has 0 spiro atoms. The van der Waals surface area contributed by atoms with E-state index >= 15 is 0 Å². The second kappa shape index (κ2) is 4.18. The Balaban J connectivity index is 2.50. The zero-order valence-electron chi connectivity index (χ0n) is 8.92. The maximum Gasteiger partial charge on any atom is 0.337 e. The largest absolute Gasteiger partial charge is 0.478 e. The van der Waals surface area contributed by atoms with Crippen LogP contribution >= 0.6 is 0 Å². The quantitative estimate of drug-likeness (QED) is 0.855. The first kappa shape index (κ1) is 10.4. The van der Waals surface area contributed by atoms with Crippen LogP contribution in [0.5, 0.6) is 0 Å². The molecule has 0 aliphatic carbocycles. The van der Waals surface area contributed by atoms with Gasteiger partial charge in [-0.05, 0) is 24.1 Å². The standard InChI is InChI=1S/C12H12N2O2/c1-2-9-7-13-14(8-9)11-6-4-3-5-10(11)12(15)16/h3-8H,2H2,1H3,(H,15,16). The number of carboxylic acids is 1. The lowest BCUT2D eigenvalue weighted by molar-refractivity contribution is 0.0696. The SMILES string of the molecule is CCc1cnn(-c2ccccc2C(=O)O)c1. The number of para-hydroxylation sites is 1. The fourth-order valence-corrected chi connectivity index (χ4v) is 1.53. The maximum absolute atomic E-state index is 11.0. The molecule has 0 saturated heterocycles. The lowest BCUT2D eigenvalue weighted by Gasteiger charge is -2.04. The molecule has 1 aromatic carbocycles. The molecule has 0 saturated carbocycles. The molecule has 0 aliphatic rings. The molecule has 2 aromatic rings. The average molecular weight is 216 g/mol. The monoisotopic (exact) mass is 216 g/mol. The van der Waals surface area contributed by atoms with Gasteiger partial charge in [-0.15, -0.1) is 0 Å². The fraction of sp³-hybridized carbons (Fsp3) is 0.167. The van der Waals surface area contributed by atoms with Crippen LogP contribution in [0.1, 0.15) is 22.8 Å². The van der Waals surface area contributed by atoms with Crippen LogP contribution < -0.4 is 0 Å². The number of nitrogens with zero attached hydrogens (tertiary/aromatic N) is 2. The van der Waals surface area contributed by atoms with Gasteiger partial charge >= 0.3 is 5.97 Å². The van der Waals surface area contributed by atoms with Crippen LogP contribution in [0.15, 0.2) is 36.7 Å². The van der Waals surface area contributed by atoms with E-state index in [1.807, 2.05) is 13.1 Å². The van der Waals surface area contributed by atoms with Crippen molar-refractivity contribution in [1.29, 1.82) is 0 Å². The van der Waals surface area contributed by atoms with Gasteiger partial charge in [0, 0.05) is 6.20 Å². The van der Waals surface area contributed by atoms with Crippen molar-refractivity contribution < 1.29 is 9.90 Å². The minimum atomic E-state index is -0.941. The molecule has 0 fully saturated rings. The van der Waals surface area contributed by atoms with Crippen molar-refractivity contribution in [3.05, 3.63) is 47.8 Å². The number of aromatic carboxylic acids is 1. The van der Waals surface area contributed by atoms with Crippen molar-refractivity contribution in [2.24, 2.45) is 0 Å². The highest BCUT2D eigenvalue weighted by Gasteiger charge is 2.11. The van der Waals surface area contributed by atoms with E-state index in [4.69, 9.17) is 5.11 Å². The van der Waals surface area contributed by atoms with Gasteiger partial charge in [-0.25, -0.2) is 9.48 Å². The Morgan fingerprint density at radius 1 is 1.44 bits per heavy atom.